The number of rotatable bonds is 2. The molecule has 1 aromatic carbocycles. The van der Waals surface area contributed by atoms with E-state index in [4.69, 9.17) is 23.2 Å². The number of hydrogen-bond donors (Lipinski definition) is 1. The van der Waals surface area contributed by atoms with Gasteiger partial charge in [0.2, 0.25) is 0 Å². The number of carbonyl (C=O) groups excluding carboxylic acids is 1. The Morgan fingerprint density at radius 2 is 2.22 bits per heavy atom. The van der Waals surface area contributed by atoms with Crippen molar-refractivity contribution in [3.8, 4) is 5.75 Å². The minimum atomic E-state index is -0.152. The molecule has 1 aromatic rings. The molecule has 0 aromatic heterocycles. The van der Waals surface area contributed by atoms with Crippen molar-refractivity contribution in [1.82, 2.24) is 4.90 Å². The summed E-state index contributed by atoms with van der Waals surface area (Å²) in [4.78, 5) is 14.2. The molecule has 1 N–H and O–H groups in total. The molecule has 1 fully saturated rings. The van der Waals surface area contributed by atoms with E-state index in [-0.39, 0.29) is 17.7 Å². The first kappa shape index (κ1) is 13.5. The van der Waals surface area contributed by atoms with Gasteiger partial charge in [-0.05, 0) is 37.5 Å². The Bertz CT molecular complexity index is 451. The largest absolute Gasteiger partial charge is 0.508 e. The first-order chi connectivity index (χ1) is 8.63. The molecular weight excluding hydrogens is 273 g/mol. The van der Waals surface area contributed by atoms with Crippen LogP contribution in [-0.4, -0.2) is 34.4 Å². The van der Waals surface area contributed by atoms with Gasteiger partial charge >= 0.3 is 0 Å². The van der Waals surface area contributed by atoms with Crippen LogP contribution in [0.15, 0.2) is 18.2 Å². The number of amides is 1. The van der Waals surface area contributed by atoms with E-state index in [1.54, 1.807) is 4.90 Å². The lowest BCUT2D eigenvalue weighted by atomic mass is 10.0. The van der Waals surface area contributed by atoms with Gasteiger partial charge in [-0.3, -0.25) is 4.79 Å². The van der Waals surface area contributed by atoms with E-state index in [1.807, 2.05) is 0 Å². The number of phenolic OH excluding ortho intramolecular Hbond substituents is 1. The van der Waals surface area contributed by atoms with Crippen LogP contribution in [-0.2, 0) is 0 Å². The van der Waals surface area contributed by atoms with E-state index >= 15 is 0 Å². The van der Waals surface area contributed by atoms with Gasteiger partial charge in [0, 0.05) is 18.5 Å². The predicted octanol–water partition coefficient (Wildman–Crippen LogP) is 3.28. The summed E-state index contributed by atoms with van der Waals surface area (Å²) in [5, 5.41) is 9.81. The van der Waals surface area contributed by atoms with Crippen LogP contribution in [0.25, 0.3) is 0 Å². The number of phenols is 1. The van der Waals surface area contributed by atoms with Gasteiger partial charge in [0.25, 0.3) is 5.91 Å². The van der Waals surface area contributed by atoms with Gasteiger partial charge in [-0.1, -0.05) is 11.6 Å². The molecule has 1 aliphatic heterocycles. The van der Waals surface area contributed by atoms with E-state index < -0.39 is 0 Å². The Morgan fingerprint density at radius 1 is 1.44 bits per heavy atom. The number of carbonyl (C=O) groups is 1. The summed E-state index contributed by atoms with van der Waals surface area (Å²) in [6.45, 7) is 0.697. The Kier molecular flexibility index (Phi) is 4.36. The average Bonchev–Trinajstić information content (AvgIpc) is 2.40. The molecule has 98 valence electrons. The lowest BCUT2D eigenvalue weighted by Crippen LogP contribution is -2.44. The average molecular weight is 288 g/mol. The molecule has 2 rings (SSSR count). The molecule has 1 heterocycles. The molecule has 1 atom stereocenters. The zero-order chi connectivity index (χ0) is 13.1. The van der Waals surface area contributed by atoms with Crippen molar-refractivity contribution in [2.75, 3.05) is 12.4 Å². The highest BCUT2D eigenvalue weighted by Gasteiger charge is 2.28. The highest BCUT2D eigenvalue weighted by atomic mass is 35.5. The van der Waals surface area contributed by atoms with Crippen LogP contribution in [0.4, 0.5) is 0 Å². The van der Waals surface area contributed by atoms with Crippen LogP contribution >= 0.6 is 23.2 Å². The molecule has 1 aliphatic rings. The summed E-state index contributed by atoms with van der Waals surface area (Å²) < 4.78 is 0. The number of nitrogens with zero attached hydrogens (tertiary/aromatic N) is 1. The van der Waals surface area contributed by atoms with Crippen molar-refractivity contribution in [2.24, 2.45) is 0 Å². The summed E-state index contributed by atoms with van der Waals surface area (Å²) in [7, 11) is 0. The number of benzene rings is 1. The first-order valence-corrected chi connectivity index (χ1v) is 6.90. The Hall–Kier alpha value is -0.930. The number of likely N-dealkylation sites (tertiary alicyclic amines) is 1. The monoisotopic (exact) mass is 287 g/mol. The number of hydrogen-bond acceptors (Lipinski definition) is 2. The van der Waals surface area contributed by atoms with Gasteiger partial charge in [0.15, 0.2) is 0 Å². The van der Waals surface area contributed by atoms with Crippen LogP contribution < -0.4 is 0 Å². The molecule has 3 nitrogen and oxygen atoms in total. The van der Waals surface area contributed by atoms with Crippen molar-refractivity contribution < 1.29 is 9.90 Å². The van der Waals surface area contributed by atoms with Crippen LogP contribution in [0.5, 0.6) is 5.75 Å². The third-order valence-corrected chi connectivity index (χ3v) is 3.93. The maximum Gasteiger partial charge on any atom is 0.255 e. The molecule has 1 amide bonds. The molecule has 0 radical (unpaired) electrons. The van der Waals surface area contributed by atoms with E-state index in [1.165, 1.54) is 18.2 Å². The van der Waals surface area contributed by atoms with Gasteiger partial charge in [0.05, 0.1) is 10.6 Å². The van der Waals surface area contributed by atoms with Gasteiger partial charge in [-0.25, -0.2) is 0 Å². The van der Waals surface area contributed by atoms with Gasteiger partial charge in [-0.15, -0.1) is 11.6 Å². The minimum absolute atomic E-state index is 0.0437. The summed E-state index contributed by atoms with van der Waals surface area (Å²) in [5.41, 5.74) is 0.341. The maximum absolute atomic E-state index is 12.4. The van der Waals surface area contributed by atoms with Crippen molar-refractivity contribution in [1.29, 1.82) is 0 Å². The third-order valence-electron chi connectivity index (χ3n) is 3.25. The van der Waals surface area contributed by atoms with E-state index in [0.29, 0.717) is 23.0 Å². The Morgan fingerprint density at radius 3 is 2.94 bits per heavy atom. The van der Waals surface area contributed by atoms with E-state index in [9.17, 15) is 9.90 Å². The first-order valence-electron chi connectivity index (χ1n) is 5.99. The van der Waals surface area contributed by atoms with Crippen molar-refractivity contribution in [3.63, 3.8) is 0 Å². The molecule has 0 bridgehead atoms. The molecule has 0 saturated carbocycles. The minimum Gasteiger partial charge on any atom is -0.508 e. The molecule has 0 aliphatic carbocycles. The quantitative estimate of drug-likeness (QED) is 0.848. The van der Waals surface area contributed by atoms with E-state index in [2.05, 4.69) is 0 Å². The normalized spacial score (nSPS) is 19.9. The second kappa shape index (κ2) is 5.81. The number of aromatic hydroxyl groups is 1. The lowest BCUT2D eigenvalue weighted by Gasteiger charge is -2.34. The highest BCUT2D eigenvalue weighted by Crippen LogP contribution is 2.26. The fraction of sp³-hybridized carbons (Fsp3) is 0.462. The Balaban J connectivity index is 2.26. The van der Waals surface area contributed by atoms with Gasteiger partial charge in [-0.2, -0.15) is 0 Å². The molecular formula is C13H15Cl2NO2. The van der Waals surface area contributed by atoms with Gasteiger partial charge in [0.1, 0.15) is 5.75 Å². The SMILES string of the molecule is O=C(c1cc(O)ccc1Cl)N1CCCCC1CCl. The predicted molar refractivity (Wildman–Crippen MR) is 72.5 cm³/mol. The summed E-state index contributed by atoms with van der Waals surface area (Å²) >= 11 is 11.9. The van der Waals surface area contributed by atoms with Crippen LogP contribution in [0, 0.1) is 0 Å². The second-order valence-corrected chi connectivity index (χ2v) is 5.18. The number of alkyl halides is 1. The molecule has 5 heteroatoms. The highest BCUT2D eigenvalue weighted by molar-refractivity contribution is 6.33. The Labute approximate surface area is 116 Å². The van der Waals surface area contributed by atoms with E-state index in [0.717, 1.165) is 19.3 Å². The zero-order valence-corrected chi connectivity index (χ0v) is 11.4. The summed E-state index contributed by atoms with van der Waals surface area (Å²) in [6.07, 6.45) is 3.00. The van der Waals surface area contributed by atoms with Crippen molar-refractivity contribution in [2.45, 2.75) is 25.3 Å². The van der Waals surface area contributed by atoms with Crippen LogP contribution in [0.1, 0.15) is 29.6 Å². The van der Waals surface area contributed by atoms with Crippen molar-refractivity contribution >= 4 is 29.1 Å². The fourth-order valence-electron chi connectivity index (χ4n) is 2.26. The standard InChI is InChI=1S/C13H15Cl2NO2/c14-8-9-3-1-2-6-16(9)13(18)11-7-10(17)4-5-12(11)15/h4-5,7,9,17H,1-3,6,8H2. The van der Waals surface area contributed by atoms with Crippen molar-refractivity contribution in [3.05, 3.63) is 28.8 Å². The summed E-state index contributed by atoms with van der Waals surface area (Å²) in [6, 6.07) is 4.47. The van der Waals surface area contributed by atoms with Crippen LogP contribution in [0.3, 0.4) is 0 Å². The summed E-state index contributed by atoms with van der Waals surface area (Å²) in [5.74, 6) is 0.325. The molecule has 0 spiro atoms. The third kappa shape index (κ3) is 2.73. The molecule has 1 saturated heterocycles. The topological polar surface area (TPSA) is 40.5 Å². The lowest BCUT2D eigenvalue weighted by molar-refractivity contribution is 0.0639. The molecule has 1 unspecified atom stereocenters. The molecule has 18 heavy (non-hydrogen) atoms. The number of halogens is 2. The zero-order valence-electron chi connectivity index (χ0n) is 9.90. The smallest absolute Gasteiger partial charge is 0.255 e. The van der Waals surface area contributed by atoms with Crippen LogP contribution in [0.2, 0.25) is 5.02 Å². The van der Waals surface area contributed by atoms with Gasteiger partial charge < -0.3 is 10.0 Å². The second-order valence-electron chi connectivity index (χ2n) is 4.47. The fourth-order valence-corrected chi connectivity index (χ4v) is 2.78. The maximum atomic E-state index is 12.4. The number of piperidine rings is 1.